The van der Waals surface area contributed by atoms with Crippen LogP contribution in [0.25, 0.3) is 4.96 Å². The summed E-state index contributed by atoms with van der Waals surface area (Å²) in [6, 6.07) is 7.37. The van der Waals surface area contributed by atoms with Crippen LogP contribution in [-0.2, 0) is 0 Å². The standard InChI is InChI=1S/C13H12BrN5OS/c1-7(2)10-16-17-13-19(10)18-12(21-13)11(20)15-9-5-3-8(14)4-6-9/h3-7H,1-2H3,(H,15,20). The van der Waals surface area contributed by atoms with Gasteiger partial charge in [0.15, 0.2) is 5.82 Å². The lowest BCUT2D eigenvalue weighted by Crippen LogP contribution is -2.12. The van der Waals surface area contributed by atoms with Gasteiger partial charge >= 0.3 is 0 Å². The largest absolute Gasteiger partial charge is 0.320 e. The molecule has 1 amide bonds. The van der Waals surface area contributed by atoms with Crippen molar-refractivity contribution in [3.05, 3.63) is 39.6 Å². The fraction of sp³-hybridized carbons (Fsp3) is 0.231. The molecule has 0 saturated carbocycles. The Balaban J connectivity index is 1.86. The Morgan fingerprint density at radius 2 is 2.00 bits per heavy atom. The van der Waals surface area contributed by atoms with E-state index in [1.807, 2.05) is 38.1 Å². The lowest BCUT2D eigenvalue weighted by molar-refractivity contribution is 0.102. The van der Waals surface area contributed by atoms with Crippen LogP contribution in [0.2, 0.25) is 0 Å². The van der Waals surface area contributed by atoms with Gasteiger partial charge < -0.3 is 5.32 Å². The molecule has 6 nitrogen and oxygen atoms in total. The van der Waals surface area contributed by atoms with Crippen LogP contribution in [0.3, 0.4) is 0 Å². The number of carbonyl (C=O) groups excluding carboxylic acids is 1. The van der Waals surface area contributed by atoms with Gasteiger partial charge in [0.05, 0.1) is 0 Å². The fourth-order valence-corrected chi connectivity index (χ4v) is 2.81. The molecule has 8 heteroatoms. The molecule has 0 aliphatic carbocycles. The second-order valence-electron chi connectivity index (χ2n) is 4.78. The van der Waals surface area contributed by atoms with Crippen molar-refractivity contribution in [1.82, 2.24) is 19.8 Å². The van der Waals surface area contributed by atoms with Gasteiger partial charge in [-0.05, 0) is 24.3 Å². The van der Waals surface area contributed by atoms with E-state index in [0.717, 1.165) is 16.0 Å². The molecule has 1 N–H and O–H groups in total. The number of anilines is 1. The van der Waals surface area contributed by atoms with E-state index in [4.69, 9.17) is 0 Å². The third-order valence-corrected chi connectivity index (χ3v) is 4.25. The third kappa shape index (κ3) is 2.81. The summed E-state index contributed by atoms with van der Waals surface area (Å²) in [7, 11) is 0. The average molecular weight is 366 g/mol. The summed E-state index contributed by atoms with van der Waals surface area (Å²) >= 11 is 4.58. The summed E-state index contributed by atoms with van der Waals surface area (Å²) in [5.41, 5.74) is 0.721. The number of hydrogen-bond acceptors (Lipinski definition) is 5. The maximum absolute atomic E-state index is 12.2. The van der Waals surface area contributed by atoms with Gasteiger partial charge in [0.2, 0.25) is 9.97 Å². The highest BCUT2D eigenvalue weighted by molar-refractivity contribution is 9.10. The van der Waals surface area contributed by atoms with E-state index < -0.39 is 0 Å². The predicted octanol–water partition coefficient (Wildman–Crippen LogP) is 3.32. The molecule has 1 aromatic carbocycles. The van der Waals surface area contributed by atoms with Crippen molar-refractivity contribution in [3.63, 3.8) is 0 Å². The Hall–Kier alpha value is -1.80. The molecule has 0 aliphatic rings. The number of hydrogen-bond donors (Lipinski definition) is 1. The fourth-order valence-electron chi connectivity index (χ4n) is 1.80. The first-order valence-corrected chi connectivity index (χ1v) is 7.94. The van der Waals surface area contributed by atoms with Gasteiger partial charge in [0.1, 0.15) is 0 Å². The number of amides is 1. The Kier molecular flexibility index (Phi) is 3.73. The number of benzene rings is 1. The highest BCUT2D eigenvalue weighted by Gasteiger charge is 2.18. The third-order valence-electron chi connectivity index (χ3n) is 2.83. The predicted molar refractivity (Wildman–Crippen MR) is 84.8 cm³/mol. The lowest BCUT2D eigenvalue weighted by Gasteiger charge is -2.02. The molecule has 0 unspecified atom stereocenters. The number of nitrogens with zero attached hydrogens (tertiary/aromatic N) is 4. The molecule has 0 atom stereocenters. The van der Waals surface area contributed by atoms with Gasteiger partial charge in [0, 0.05) is 16.1 Å². The van der Waals surface area contributed by atoms with E-state index in [0.29, 0.717) is 9.97 Å². The van der Waals surface area contributed by atoms with Crippen LogP contribution in [0.4, 0.5) is 5.69 Å². The van der Waals surface area contributed by atoms with E-state index in [1.165, 1.54) is 11.3 Å². The van der Waals surface area contributed by atoms with Crippen molar-refractivity contribution in [2.75, 3.05) is 5.32 Å². The highest BCUT2D eigenvalue weighted by Crippen LogP contribution is 2.20. The average Bonchev–Trinajstić information content (AvgIpc) is 3.00. The van der Waals surface area contributed by atoms with Crippen LogP contribution in [0.15, 0.2) is 28.7 Å². The molecule has 108 valence electrons. The van der Waals surface area contributed by atoms with Crippen molar-refractivity contribution in [2.45, 2.75) is 19.8 Å². The number of halogens is 1. The molecule has 0 radical (unpaired) electrons. The summed E-state index contributed by atoms with van der Waals surface area (Å²) in [6.07, 6.45) is 0. The second-order valence-corrected chi connectivity index (χ2v) is 6.65. The molecule has 21 heavy (non-hydrogen) atoms. The van der Waals surface area contributed by atoms with Crippen molar-refractivity contribution < 1.29 is 4.79 Å². The zero-order valence-corrected chi connectivity index (χ0v) is 13.8. The van der Waals surface area contributed by atoms with E-state index >= 15 is 0 Å². The van der Waals surface area contributed by atoms with Crippen LogP contribution >= 0.6 is 27.3 Å². The van der Waals surface area contributed by atoms with Crippen LogP contribution in [0, 0.1) is 0 Å². The summed E-state index contributed by atoms with van der Waals surface area (Å²) < 4.78 is 2.59. The minimum absolute atomic E-state index is 0.199. The minimum atomic E-state index is -0.248. The molecule has 2 heterocycles. The van der Waals surface area contributed by atoms with Crippen LogP contribution in [0.1, 0.15) is 35.4 Å². The van der Waals surface area contributed by atoms with Crippen LogP contribution in [0.5, 0.6) is 0 Å². The molecule has 3 rings (SSSR count). The van der Waals surface area contributed by atoms with Gasteiger partial charge in [-0.3, -0.25) is 4.79 Å². The van der Waals surface area contributed by atoms with Crippen LogP contribution < -0.4 is 5.32 Å². The van der Waals surface area contributed by atoms with Gasteiger partial charge in [-0.25, -0.2) is 0 Å². The Morgan fingerprint density at radius 3 is 2.67 bits per heavy atom. The quantitative estimate of drug-likeness (QED) is 0.772. The number of carbonyl (C=O) groups is 1. The molecule has 0 aliphatic heterocycles. The maximum Gasteiger partial charge on any atom is 0.286 e. The zero-order valence-electron chi connectivity index (χ0n) is 11.4. The van der Waals surface area contributed by atoms with Gasteiger partial charge in [-0.1, -0.05) is 41.1 Å². The second kappa shape index (κ2) is 5.53. The van der Waals surface area contributed by atoms with Crippen LogP contribution in [-0.4, -0.2) is 25.7 Å². The number of rotatable bonds is 3. The Bertz CT molecular complexity index is 793. The summed E-state index contributed by atoms with van der Waals surface area (Å²) in [6.45, 7) is 4.02. The molecule has 0 spiro atoms. The summed E-state index contributed by atoms with van der Waals surface area (Å²) in [5.74, 6) is 0.705. The molecular weight excluding hydrogens is 354 g/mol. The van der Waals surface area contributed by atoms with Gasteiger partial charge in [0.25, 0.3) is 5.91 Å². The number of fused-ring (bicyclic) bond motifs is 1. The summed E-state index contributed by atoms with van der Waals surface area (Å²) in [4.78, 5) is 12.8. The Labute approximate surface area is 133 Å². The minimum Gasteiger partial charge on any atom is -0.320 e. The first-order chi connectivity index (χ1) is 10.0. The lowest BCUT2D eigenvalue weighted by atomic mass is 10.2. The smallest absolute Gasteiger partial charge is 0.286 e. The normalized spacial score (nSPS) is 11.2. The van der Waals surface area contributed by atoms with Crippen molar-refractivity contribution in [3.8, 4) is 0 Å². The topological polar surface area (TPSA) is 72.2 Å². The van der Waals surface area contributed by atoms with E-state index in [9.17, 15) is 4.79 Å². The Morgan fingerprint density at radius 1 is 1.29 bits per heavy atom. The summed E-state index contributed by atoms with van der Waals surface area (Å²) in [5, 5.41) is 15.6. The van der Waals surface area contributed by atoms with Crippen molar-refractivity contribution in [2.24, 2.45) is 0 Å². The number of aromatic nitrogens is 4. The van der Waals surface area contributed by atoms with Gasteiger partial charge in [-0.2, -0.15) is 4.52 Å². The molecule has 0 saturated heterocycles. The SMILES string of the molecule is CC(C)c1nnc2sc(C(=O)Nc3ccc(Br)cc3)nn12. The highest BCUT2D eigenvalue weighted by atomic mass is 79.9. The maximum atomic E-state index is 12.2. The van der Waals surface area contributed by atoms with E-state index in [-0.39, 0.29) is 11.8 Å². The molecule has 2 aromatic heterocycles. The molecule has 3 aromatic rings. The monoisotopic (exact) mass is 365 g/mol. The van der Waals surface area contributed by atoms with E-state index in [2.05, 4.69) is 36.5 Å². The van der Waals surface area contributed by atoms with E-state index in [1.54, 1.807) is 4.52 Å². The molecular formula is C13H12BrN5OS. The first-order valence-electron chi connectivity index (χ1n) is 6.33. The molecule has 0 fully saturated rings. The van der Waals surface area contributed by atoms with Crippen molar-refractivity contribution in [1.29, 1.82) is 0 Å². The first kappa shape index (κ1) is 14.2. The zero-order chi connectivity index (χ0) is 15.0. The van der Waals surface area contributed by atoms with Gasteiger partial charge in [-0.15, -0.1) is 15.3 Å². The molecule has 0 bridgehead atoms. The van der Waals surface area contributed by atoms with Crippen molar-refractivity contribution >= 4 is 43.8 Å². The number of nitrogens with one attached hydrogen (secondary N) is 1.